The number of carbonyl (C=O) groups excluding carboxylic acids is 1. The molecule has 0 saturated carbocycles. The maximum atomic E-state index is 12.5. The molecule has 0 aliphatic heterocycles. The summed E-state index contributed by atoms with van der Waals surface area (Å²) in [6, 6.07) is 9.02. The number of hydrogen-bond acceptors (Lipinski definition) is 5. The smallest absolute Gasteiger partial charge is 0.256 e. The molecule has 2 heterocycles. The molecule has 21 heavy (non-hydrogen) atoms. The zero-order valence-corrected chi connectivity index (χ0v) is 11.4. The minimum atomic E-state index is -0.238. The molecule has 4 N–H and O–H groups in total. The third kappa shape index (κ3) is 2.54. The van der Waals surface area contributed by atoms with Gasteiger partial charge in [0.05, 0.1) is 23.0 Å². The van der Waals surface area contributed by atoms with Gasteiger partial charge in [-0.25, -0.2) is 10.8 Å². The SMILES string of the molecule is Cn1cc(NC(=O)c2cc(NN)nc3ccccc23)cn1. The number of hydrazine groups is 1. The summed E-state index contributed by atoms with van der Waals surface area (Å²) < 4.78 is 1.62. The molecular formula is C14H14N6O. The Bertz CT molecular complexity index is 810. The van der Waals surface area contributed by atoms with Gasteiger partial charge in [-0.2, -0.15) is 5.10 Å². The number of hydrogen-bond donors (Lipinski definition) is 3. The first-order chi connectivity index (χ1) is 10.2. The van der Waals surface area contributed by atoms with Gasteiger partial charge in [-0.05, 0) is 12.1 Å². The van der Waals surface area contributed by atoms with E-state index in [1.54, 1.807) is 30.2 Å². The molecule has 2 aromatic heterocycles. The minimum absolute atomic E-state index is 0.238. The fraction of sp³-hybridized carbons (Fsp3) is 0.0714. The lowest BCUT2D eigenvalue weighted by Crippen LogP contribution is -2.15. The maximum Gasteiger partial charge on any atom is 0.256 e. The molecule has 0 aliphatic rings. The van der Waals surface area contributed by atoms with Crippen LogP contribution >= 0.6 is 0 Å². The molecule has 7 heteroatoms. The summed E-state index contributed by atoms with van der Waals surface area (Å²) in [6.45, 7) is 0. The first-order valence-electron chi connectivity index (χ1n) is 6.34. The van der Waals surface area contributed by atoms with Gasteiger partial charge in [-0.3, -0.25) is 9.48 Å². The van der Waals surface area contributed by atoms with Crippen LogP contribution in [0.15, 0.2) is 42.7 Å². The number of rotatable bonds is 3. The lowest BCUT2D eigenvalue weighted by molar-refractivity contribution is 0.102. The number of para-hydroxylation sites is 1. The van der Waals surface area contributed by atoms with Crippen molar-refractivity contribution in [2.24, 2.45) is 12.9 Å². The average Bonchev–Trinajstić information content (AvgIpc) is 2.91. The molecule has 0 radical (unpaired) electrons. The molecule has 0 fully saturated rings. The van der Waals surface area contributed by atoms with Crippen LogP contribution < -0.4 is 16.6 Å². The Morgan fingerprint density at radius 1 is 1.33 bits per heavy atom. The molecule has 3 aromatic rings. The van der Waals surface area contributed by atoms with Crippen LogP contribution in [0.25, 0.3) is 10.9 Å². The summed E-state index contributed by atoms with van der Waals surface area (Å²) in [5, 5.41) is 7.58. The Hall–Kier alpha value is -2.93. The number of aromatic nitrogens is 3. The van der Waals surface area contributed by atoms with E-state index in [2.05, 4.69) is 20.8 Å². The van der Waals surface area contributed by atoms with E-state index in [1.807, 2.05) is 24.3 Å². The number of aryl methyl sites for hydroxylation is 1. The number of nitrogens with one attached hydrogen (secondary N) is 2. The van der Waals surface area contributed by atoms with Gasteiger partial charge < -0.3 is 10.7 Å². The van der Waals surface area contributed by atoms with Crippen LogP contribution in [0.5, 0.6) is 0 Å². The van der Waals surface area contributed by atoms with Gasteiger partial charge in [0.25, 0.3) is 5.91 Å². The summed E-state index contributed by atoms with van der Waals surface area (Å²) in [6.07, 6.45) is 3.31. The van der Waals surface area contributed by atoms with E-state index in [0.29, 0.717) is 22.6 Å². The Labute approximate surface area is 120 Å². The van der Waals surface area contributed by atoms with Crippen LogP contribution in [0.3, 0.4) is 0 Å². The van der Waals surface area contributed by atoms with Crippen molar-refractivity contribution < 1.29 is 4.79 Å². The zero-order valence-electron chi connectivity index (χ0n) is 11.4. The van der Waals surface area contributed by atoms with Crippen molar-refractivity contribution in [3.05, 3.63) is 48.3 Å². The fourth-order valence-corrected chi connectivity index (χ4v) is 2.12. The third-order valence-corrected chi connectivity index (χ3v) is 3.07. The summed E-state index contributed by atoms with van der Waals surface area (Å²) in [5.74, 6) is 5.61. The van der Waals surface area contributed by atoms with Crippen LogP contribution in [0, 0.1) is 0 Å². The number of nitrogens with two attached hydrogens (primary N) is 1. The molecule has 3 rings (SSSR count). The van der Waals surface area contributed by atoms with Gasteiger partial charge in [-0.1, -0.05) is 18.2 Å². The number of fused-ring (bicyclic) bond motifs is 1. The van der Waals surface area contributed by atoms with E-state index in [-0.39, 0.29) is 5.91 Å². The number of pyridine rings is 1. The summed E-state index contributed by atoms with van der Waals surface area (Å²) >= 11 is 0. The lowest BCUT2D eigenvalue weighted by Gasteiger charge is -2.09. The molecule has 0 atom stereocenters. The predicted octanol–water partition coefficient (Wildman–Crippen LogP) is 1.51. The van der Waals surface area contributed by atoms with Gasteiger partial charge in [0.2, 0.25) is 0 Å². The lowest BCUT2D eigenvalue weighted by atomic mass is 10.1. The number of benzene rings is 1. The van der Waals surface area contributed by atoms with Crippen molar-refractivity contribution in [2.75, 3.05) is 10.7 Å². The second-order valence-corrected chi connectivity index (χ2v) is 4.57. The highest BCUT2D eigenvalue weighted by molar-refractivity contribution is 6.12. The predicted molar refractivity (Wildman–Crippen MR) is 80.7 cm³/mol. The van der Waals surface area contributed by atoms with Crippen LogP contribution in [-0.2, 0) is 7.05 Å². The molecular weight excluding hydrogens is 268 g/mol. The number of anilines is 2. The van der Waals surface area contributed by atoms with Crippen molar-refractivity contribution in [3.8, 4) is 0 Å². The summed E-state index contributed by atoms with van der Waals surface area (Å²) in [7, 11) is 1.79. The van der Waals surface area contributed by atoms with E-state index >= 15 is 0 Å². The molecule has 106 valence electrons. The largest absolute Gasteiger partial charge is 0.319 e. The Morgan fingerprint density at radius 3 is 2.86 bits per heavy atom. The summed E-state index contributed by atoms with van der Waals surface area (Å²) in [5.41, 5.74) is 4.30. The highest BCUT2D eigenvalue weighted by Crippen LogP contribution is 2.21. The van der Waals surface area contributed by atoms with Crippen LogP contribution in [0.4, 0.5) is 11.5 Å². The van der Waals surface area contributed by atoms with Crippen molar-refractivity contribution in [3.63, 3.8) is 0 Å². The van der Waals surface area contributed by atoms with Gasteiger partial charge in [-0.15, -0.1) is 0 Å². The van der Waals surface area contributed by atoms with Gasteiger partial charge in [0, 0.05) is 18.6 Å². The average molecular weight is 282 g/mol. The molecule has 0 bridgehead atoms. The first-order valence-corrected chi connectivity index (χ1v) is 6.34. The minimum Gasteiger partial charge on any atom is -0.319 e. The Balaban J connectivity index is 2.03. The van der Waals surface area contributed by atoms with E-state index < -0.39 is 0 Å². The van der Waals surface area contributed by atoms with Crippen molar-refractivity contribution in [2.45, 2.75) is 0 Å². The van der Waals surface area contributed by atoms with Gasteiger partial charge in [0.15, 0.2) is 0 Å². The molecule has 1 amide bonds. The zero-order chi connectivity index (χ0) is 14.8. The molecule has 0 saturated heterocycles. The Kier molecular flexibility index (Phi) is 3.25. The van der Waals surface area contributed by atoms with E-state index in [9.17, 15) is 4.79 Å². The number of amides is 1. The number of carbonyl (C=O) groups is 1. The van der Waals surface area contributed by atoms with E-state index in [0.717, 1.165) is 5.39 Å². The van der Waals surface area contributed by atoms with Crippen LogP contribution in [0.1, 0.15) is 10.4 Å². The van der Waals surface area contributed by atoms with Crippen molar-refractivity contribution >= 4 is 28.3 Å². The van der Waals surface area contributed by atoms with E-state index in [4.69, 9.17) is 5.84 Å². The molecule has 1 aromatic carbocycles. The van der Waals surface area contributed by atoms with Gasteiger partial charge >= 0.3 is 0 Å². The van der Waals surface area contributed by atoms with Crippen LogP contribution in [-0.4, -0.2) is 20.7 Å². The highest BCUT2D eigenvalue weighted by Gasteiger charge is 2.13. The Morgan fingerprint density at radius 2 is 2.14 bits per heavy atom. The molecule has 0 aliphatic carbocycles. The fourth-order valence-electron chi connectivity index (χ4n) is 2.12. The standard InChI is InChI=1S/C14H14N6O/c1-20-8-9(7-16-20)17-14(21)11-6-13(19-15)18-12-5-3-2-4-10(11)12/h2-8H,15H2,1H3,(H,17,21)(H,18,19). The maximum absolute atomic E-state index is 12.5. The van der Waals surface area contributed by atoms with Crippen molar-refractivity contribution in [1.29, 1.82) is 0 Å². The third-order valence-electron chi connectivity index (χ3n) is 3.07. The topological polar surface area (TPSA) is 97.9 Å². The number of nitrogens with zero attached hydrogens (tertiary/aromatic N) is 3. The summed E-state index contributed by atoms with van der Waals surface area (Å²) in [4.78, 5) is 16.8. The first kappa shape index (κ1) is 13.1. The van der Waals surface area contributed by atoms with Crippen LogP contribution in [0.2, 0.25) is 0 Å². The quantitative estimate of drug-likeness (QED) is 0.499. The molecule has 7 nitrogen and oxygen atoms in total. The van der Waals surface area contributed by atoms with Gasteiger partial charge in [0.1, 0.15) is 5.82 Å². The normalized spacial score (nSPS) is 10.6. The van der Waals surface area contributed by atoms with E-state index in [1.165, 1.54) is 0 Å². The highest BCUT2D eigenvalue weighted by atomic mass is 16.1. The molecule has 0 spiro atoms. The second kappa shape index (κ2) is 5.22. The number of nitrogen functional groups attached to an aromatic ring is 1. The van der Waals surface area contributed by atoms with Crippen molar-refractivity contribution in [1.82, 2.24) is 14.8 Å². The molecule has 0 unspecified atom stereocenters. The second-order valence-electron chi connectivity index (χ2n) is 4.57. The monoisotopic (exact) mass is 282 g/mol.